The van der Waals surface area contributed by atoms with E-state index in [4.69, 9.17) is 14.2 Å². The van der Waals surface area contributed by atoms with Crippen molar-refractivity contribution in [2.45, 2.75) is 25.8 Å². The van der Waals surface area contributed by atoms with Gasteiger partial charge in [0.15, 0.2) is 23.0 Å². The second-order valence-corrected chi connectivity index (χ2v) is 7.41. The fourth-order valence-corrected chi connectivity index (χ4v) is 3.87. The van der Waals surface area contributed by atoms with Crippen molar-refractivity contribution in [3.8, 4) is 11.5 Å². The minimum atomic E-state index is -0.731. The number of benzene rings is 2. The topological polar surface area (TPSA) is 85.3 Å². The standard InChI is InChI=1S/C25H29NO6/c1-4-32-21-16-18(11-13-20(21)31-3)23-22(24(28)25(29)26(23)14-15-30-2)19(27)12-10-17-8-6-5-7-9-17/h5-9,11,13,16,23,28H,4,10,12,14-15H2,1-3H3. The van der Waals surface area contributed by atoms with Crippen LogP contribution in [0.5, 0.6) is 11.5 Å². The molecule has 32 heavy (non-hydrogen) atoms. The van der Waals surface area contributed by atoms with Crippen LogP contribution in [0.25, 0.3) is 0 Å². The summed E-state index contributed by atoms with van der Waals surface area (Å²) >= 11 is 0. The number of aliphatic hydroxyl groups is 1. The van der Waals surface area contributed by atoms with Gasteiger partial charge in [-0.15, -0.1) is 0 Å². The van der Waals surface area contributed by atoms with E-state index in [-0.39, 0.29) is 30.9 Å². The third kappa shape index (κ3) is 4.94. The van der Waals surface area contributed by atoms with Gasteiger partial charge in [0.1, 0.15) is 0 Å². The van der Waals surface area contributed by atoms with Crippen molar-refractivity contribution >= 4 is 11.7 Å². The Morgan fingerprint density at radius 1 is 1.09 bits per heavy atom. The molecule has 7 nitrogen and oxygen atoms in total. The summed E-state index contributed by atoms with van der Waals surface area (Å²) in [5.74, 6) is -0.289. The molecule has 0 fully saturated rings. The van der Waals surface area contributed by atoms with Gasteiger partial charge in [0.05, 0.1) is 31.9 Å². The van der Waals surface area contributed by atoms with Gasteiger partial charge in [-0.2, -0.15) is 0 Å². The molecule has 1 aliphatic heterocycles. The van der Waals surface area contributed by atoms with E-state index in [9.17, 15) is 14.7 Å². The van der Waals surface area contributed by atoms with Crippen LogP contribution in [0, 0.1) is 0 Å². The van der Waals surface area contributed by atoms with Crippen molar-refractivity contribution < 1.29 is 28.9 Å². The average molecular weight is 440 g/mol. The molecule has 7 heteroatoms. The van der Waals surface area contributed by atoms with E-state index in [0.29, 0.717) is 30.1 Å². The third-order valence-electron chi connectivity index (χ3n) is 5.43. The summed E-state index contributed by atoms with van der Waals surface area (Å²) in [7, 11) is 3.08. The van der Waals surface area contributed by atoms with E-state index in [1.54, 1.807) is 25.3 Å². The van der Waals surface area contributed by atoms with E-state index in [0.717, 1.165) is 5.56 Å². The molecule has 1 N–H and O–H groups in total. The number of methoxy groups -OCH3 is 2. The lowest BCUT2D eigenvalue weighted by Gasteiger charge is -2.27. The maximum absolute atomic E-state index is 13.2. The lowest BCUT2D eigenvalue weighted by atomic mass is 9.93. The van der Waals surface area contributed by atoms with Gasteiger partial charge >= 0.3 is 0 Å². The maximum Gasteiger partial charge on any atom is 0.290 e. The summed E-state index contributed by atoms with van der Waals surface area (Å²) in [6, 6.07) is 14.2. The highest BCUT2D eigenvalue weighted by Gasteiger charge is 2.43. The van der Waals surface area contributed by atoms with Gasteiger partial charge in [-0.1, -0.05) is 36.4 Å². The summed E-state index contributed by atoms with van der Waals surface area (Å²) in [6.07, 6.45) is 0.696. The van der Waals surface area contributed by atoms with Gasteiger partial charge < -0.3 is 24.2 Å². The number of aliphatic hydroxyl groups excluding tert-OH is 1. The van der Waals surface area contributed by atoms with Gasteiger partial charge in [0, 0.05) is 20.1 Å². The predicted molar refractivity (Wildman–Crippen MR) is 120 cm³/mol. The molecule has 1 aliphatic rings. The van der Waals surface area contributed by atoms with Gasteiger partial charge in [-0.25, -0.2) is 0 Å². The summed E-state index contributed by atoms with van der Waals surface area (Å²) in [6.45, 7) is 2.80. The summed E-state index contributed by atoms with van der Waals surface area (Å²) in [4.78, 5) is 27.6. The first-order valence-corrected chi connectivity index (χ1v) is 10.6. The van der Waals surface area contributed by atoms with Crippen molar-refractivity contribution in [2.75, 3.05) is 34.0 Å². The van der Waals surface area contributed by atoms with Gasteiger partial charge in [-0.05, 0) is 36.6 Å². The number of ketones is 1. The van der Waals surface area contributed by atoms with Crippen LogP contribution in [0.3, 0.4) is 0 Å². The minimum Gasteiger partial charge on any atom is -0.503 e. The van der Waals surface area contributed by atoms with Crippen LogP contribution in [0.15, 0.2) is 59.9 Å². The van der Waals surface area contributed by atoms with Crippen LogP contribution >= 0.6 is 0 Å². The molecule has 170 valence electrons. The SMILES string of the molecule is CCOc1cc(C2C(C(=O)CCc3ccccc3)=C(O)C(=O)N2CCOC)ccc1OC. The number of carbonyl (C=O) groups excluding carboxylic acids is 2. The quantitative estimate of drug-likeness (QED) is 0.575. The fraction of sp³-hybridized carbons (Fsp3) is 0.360. The second kappa shape index (κ2) is 10.8. The lowest BCUT2D eigenvalue weighted by molar-refractivity contribution is -0.130. The molecular formula is C25H29NO6. The molecule has 0 aliphatic carbocycles. The van der Waals surface area contributed by atoms with E-state index in [1.807, 2.05) is 37.3 Å². The zero-order valence-corrected chi connectivity index (χ0v) is 18.7. The van der Waals surface area contributed by atoms with E-state index >= 15 is 0 Å². The lowest BCUT2D eigenvalue weighted by Crippen LogP contribution is -2.34. The van der Waals surface area contributed by atoms with E-state index in [2.05, 4.69) is 0 Å². The molecule has 0 saturated carbocycles. The first-order valence-electron chi connectivity index (χ1n) is 10.6. The van der Waals surface area contributed by atoms with Gasteiger partial charge in [-0.3, -0.25) is 9.59 Å². The second-order valence-electron chi connectivity index (χ2n) is 7.41. The highest BCUT2D eigenvalue weighted by molar-refractivity contribution is 6.09. The van der Waals surface area contributed by atoms with Crippen LogP contribution in [-0.4, -0.2) is 55.7 Å². The molecular weight excluding hydrogens is 410 g/mol. The Morgan fingerprint density at radius 3 is 2.50 bits per heavy atom. The van der Waals surface area contributed by atoms with Crippen LogP contribution in [0.4, 0.5) is 0 Å². The average Bonchev–Trinajstić information content (AvgIpc) is 3.07. The molecule has 1 heterocycles. The van der Waals surface area contributed by atoms with Crippen LogP contribution in [-0.2, 0) is 20.7 Å². The molecule has 0 saturated heterocycles. The highest BCUT2D eigenvalue weighted by atomic mass is 16.5. The third-order valence-corrected chi connectivity index (χ3v) is 5.43. The Balaban J connectivity index is 1.96. The van der Waals surface area contributed by atoms with Crippen molar-refractivity contribution in [1.29, 1.82) is 0 Å². The Labute approximate surface area is 188 Å². The Kier molecular flexibility index (Phi) is 7.89. The number of aryl methyl sites for hydroxylation is 1. The first kappa shape index (κ1) is 23.3. The largest absolute Gasteiger partial charge is 0.503 e. The smallest absolute Gasteiger partial charge is 0.290 e. The van der Waals surface area contributed by atoms with Gasteiger partial charge in [0.2, 0.25) is 0 Å². The summed E-state index contributed by atoms with van der Waals surface area (Å²) in [5, 5.41) is 10.7. The van der Waals surface area contributed by atoms with Crippen molar-refractivity contribution in [3.63, 3.8) is 0 Å². The molecule has 0 aromatic heterocycles. The molecule has 0 bridgehead atoms. The number of amides is 1. The predicted octanol–water partition coefficient (Wildman–Crippen LogP) is 3.64. The molecule has 2 aromatic rings. The normalized spacial score (nSPS) is 15.9. The zero-order valence-electron chi connectivity index (χ0n) is 18.7. The summed E-state index contributed by atoms with van der Waals surface area (Å²) in [5.41, 5.74) is 1.78. The van der Waals surface area contributed by atoms with Crippen LogP contribution in [0.1, 0.15) is 30.5 Å². The molecule has 0 radical (unpaired) electrons. The molecule has 3 rings (SSSR count). The van der Waals surface area contributed by atoms with E-state index < -0.39 is 17.7 Å². The number of hydrogen-bond acceptors (Lipinski definition) is 6. The number of ether oxygens (including phenoxy) is 3. The monoisotopic (exact) mass is 439 g/mol. The Bertz CT molecular complexity index is 985. The molecule has 1 unspecified atom stereocenters. The van der Waals surface area contributed by atoms with Gasteiger partial charge in [0.25, 0.3) is 5.91 Å². The molecule has 0 spiro atoms. The highest BCUT2D eigenvalue weighted by Crippen LogP contribution is 2.41. The van der Waals surface area contributed by atoms with E-state index in [1.165, 1.54) is 12.0 Å². The Morgan fingerprint density at radius 2 is 1.84 bits per heavy atom. The van der Waals surface area contributed by atoms with Crippen molar-refractivity contribution in [1.82, 2.24) is 4.90 Å². The molecule has 2 aromatic carbocycles. The maximum atomic E-state index is 13.2. The number of carbonyl (C=O) groups is 2. The number of nitrogens with zero attached hydrogens (tertiary/aromatic N) is 1. The Hall–Kier alpha value is -3.32. The van der Waals surface area contributed by atoms with Crippen molar-refractivity contribution in [2.24, 2.45) is 0 Å². The zero-order chi connectivity index (χ0) is 23.1. The van der Waals surface area contributed by atoms with Crippen LogP contribution < -0.4 is 9.47 Å². The number of Topliss-reactive ketones (excluding diaryl/α,β-unsaturated/α-hetero) is 1. The number of hydrogen-bond donors (Lipinski definition) is 1. The molecule has 1 amide bonds. The minimum absolute atomic E-state index is 0.106. The fourth-order valence-electron chi connectivity index (χ4n) is 3.87. The number of rotatable bonds is 11. The van der Waals surface area contributed by atoms with Crippen LogP contribution in [0.2, 0.25) is 0 Å². The molecule has 1 atom stereocenters. The summed E-state index contributed by atoms with van der Waals surface area (Å²) < 4.78 is 16.2. The van der Waals surface area contributed by atoms with Crippen molar-refractivity contribution in [3.05, 3.63) is 71.0 Å². The first-order chi connectivity index (χ1) is 15.5.